The van der Waals surface area contributed by atoms with Gasteiger partial charge in [0, 0.05) is 10.6 Å². The van der Waals surface area contributed by atoms with Crippen LogP contribution < -0.4 is 4.74 Å². The van der Waals surface area contributed by atoms with Gasteiger partial charge in [0.05, 0.1) is 32.1 Å². The first kappa shape index (κ1) is 17.9. The summed E-state index contributed by atoms with van der Waals surface area (Å²) in [6.07, 6.45) is -0.592. The molecule has 0 spiro atoms. The minimum Gasteiger partial charge on any atom is -0.497 e. The molecule has 0 unspecified atom stereocenters. The lowest BCUT2D eigenvalue weighted by molar-refractivity contribution is 0.0409. The summed E-state index contributed by atoms with van der Waals surface area (Å²) >= 11 is 3.02. The molecule has 2 aromatic heterocycles. The van der Waals surface area contributed by atoms with Gasteiger partial charge in [-0.1, -0.05) is 17.8 Å². The molecule has 0 saturated carbocycles. The summed E-state index contributed by atoms with van der Waals surface area (Å²) in [4.78, 5) is 1.14. The number of aliphatic hydroxyl groups is 1. The molecule has 9 heteroatoms. The van der Waals surface area contributed by atoms with Crippen molar-refractivity contribution in [3.05, 3.63) is 46.7 Å². The minimum atomic E-state index is -0.592. The van der Waals surface area contributed by atoms with E-state index in [2.05, 4.69) is 15.5 Å². The normalized spacial score (nSPS) is 12.2. The van der Waals surface area contributed by atoms with Crippen LogP contribution in [0.5, 0.6) is 5.75 Å². The van der Waals surface area contributed by atoms with Gasteiger partial charge in [-0.2, -0.15) is 4.68 Å². The zero-order valence-corrected chi connectivity index (χ0v) is 15.2. The van der Waals surface area contributed by atoms with Crippen LogP contribution in [0.1, 0.15) is 4.88 Å². The summed E-state index contributed by atoms with van der Waals surface area (Å²) < 4.78 is 12.3. The van der Waals surface area contributed by atoms with E-state index in [-0.39, 0.29) is 6.61 Å². The average Bonchev–Trinajstić information content (AvgIpc) is 3.32. The molecule has 3 aromatic rings. The number of rotatable bonds is 9. The predicted molar refractivity (Wildman–Crippen MR) is 96.4 cm³/mol. The molecule has 0 aliphatic heterocycles. The van der Waals surface area contributed by atoms with E-state index in [4.69, 9.17) is 9.47 Å². The summed E-state index contributed by atoms with van der Waals surface area (Å²) in [7, 11) is 1.62. The van der Waals surface area contributed by atoms with Crippen LogP contribution in [0.3, 0.4) is 0 Å². The third kappa shape index (κ3) is 5.02. The first-order chi connectivity index (χ1) is 12.3. The second kappa shape index (κ2) is 8.95. The van der Waals surface area contributed by atoms with Crippen molar-refractivity contribution in [2.75, 3.05) is 19.5 Å². The fraction of sp³-hybridized carbons (Fsp3) is 0.312. The number of nitrogens with zero attached hydrogens (tertiary/aromatic N) is 4. The van der Waals surface area contributed by atoms with Crippen molar-refractivity contribution in [1.82, 2.24) is 20.2 Å². The van der Waals surface area contributed by atoms with E-state index in [1.807, 2.05) is 41.8 Å². The van der Waals surface area contributed by atoms with Crippen molar-refractivity contribution < 1.29 is 14.6 Å². The van der Waals surface area contributed by atoms with Gasteiger partial charge < -0.3 is 14.6 Å². The van der Waals surface area contributed by atoms with Crippen LogP contribution in [0.2, 0.25) is 0 Å². The van der Waals surface area contributed by atoms with Crippen LogP contribution in [0.15, 0.2) is 46.9 Å². The van der Waals surface area contributed by atoms with Crippen molar-refractivity contribution in [3.8, 4) is 11.4 Å². The summed E-state index contributed by atoms with van der Waals surface area (Å²) in [5.41, 5.74) is 0.830. The van der Waals surface area contributed by atoms with Crippen molar-refractivity contribution in [2.24, 2.45) is 0 Å². The lowest BCUT2D eigenvalue weighted by Gasteiger charge is -2.10. The summed E-state index contributed by atoms with van der Waals surface area (Å²) in [5.74, 6) is 1.21. The molecule has 0 radical (unpaired) electrons. The number of benzene rings is 1. The number of ether oxygens (including phenoxy) is 2. The van der Waals surface area contributed by atoms with Crippen LogP contribution in [0.4, 0.5) is 0 Å². The maximum absolute atomic E-state index is 10.1. The molecule has 1 N–H and O–H groups in total. The predicted octanol–water partition coefficient (Wildman–Crippen LogP) is 2.40. The standard InChI is InChI=1S/C16H18N4O3S2/c1-22-14-6-4-12(5-7-14)20-16(17-18-19-20)25-11-13(21)9-23-10-15-3-2-8-24-15/h2-8,13,21H,9-11H2,1H3/t13-/m1/s1. The van der Waals surface area contributed by atoms with Crippen molar-refractivity contribution in [2.45, 2.75) is 17.9 Å². The Morgan fingerprint density at radius 2 is 2.12 bits per heavy atom. The largest absolute Gasteiger partial charge is 0.497 e. The molecule has 0 aliphatic carbocycles. The van der Waals surface area contributed by atoms with Crippen LogP contribution in [-0.4, -0.2) is 50.9 Å². The van der Waals surface area contributed by atoms with Crippen LogP contribution in [0.25, 0.3) is 5.69 Å². The molecular weight excluding hydrogens is 360 g/mol. The number of tetrazole rings is 1. The molecule has 7 nitrogen and oxygen atoms in total. The van der Waals surface area contributed by atoms with Gasteiger partial charge in [-0.25, -0.2) is 0 Å². The van der Waals surface area contributed by atoms with Gasteiger partial charge in [0.15, 0.2) is 0 Å². The van der Waals surface area contributed by atoms with Crippen molar-refractivity contribution in [3.63, 3.8) is 0 Å². The Balaban J connectivity index is 1.50. The maximum atomic E-state index is 10.1. The van der Waals surface area contributed by atoms with Gasteiger partial charge in [0.2, 0.25) is 5.16 Å². The highest BCUT2D eigenvalue weighted by molar-refractivity contribution is 7.99. The number of thiophene rings is 1. The fourth-order valence-electron chi connectivity index (χ4n) is 2.06. The van der Waals surface area contributed by atoms with Gasteiger partial charge in [0.25, 0.3) is 0 Å². The van der Waals surface area contributed by atoms with Gasteiger partial charge in [-0.15, -0.1) is 16.4 Å². The zero-order valence-electron chi connectivity index (χ0n) is 13.6. The first-order valence-electron chi connectivity index (χ1n) is 7.60. The molecular formula is C16H18N4O3S2. The molecule has 0 saturated heterocycles. The number of aliphatic hydroxyl groups excluding tert-OH is 1. The molecule has 1 atom stereocenters. The van der Waals surface area contributed by atoms with E-state index in [0.29, 0.717) is 17.5 Å². The summed E-state index contributed by atoms with van der Waals surface area (Å²) in [5, 5.41) is 24.4. The van der Waals surface area contributed by atoms with Gasteiger partial charge in [0.1, 0.15) is 5.75 Å². The third-order valence-electron chi connectivity index (χ3n) is 3.30. The summed E-state index contributed by atoms with van der Waals surface area (Å²) in [6.45, 7) is 0.790. The Morgan fingerprint density at radius 1 is 1.28 bits per heavy atom. The van der Waals surface area contributed by atoms with Gasteiger partial charge in [-0.3, -0.25) is 0 Å². The van der Waals surface area contributed by atoms with E-state index in [0.717, 1.165) is 16.3 Å². The van der Waals surface area contributed by atoms with E-state index in [1.165, 1.54) is 11.8 Å². The highest BCUT2D eigenvalue weighted by Gasteiger charge is 2.12. The Morgan fingerprint density at radius 3 is 2.84 bits per heavy atom. The minimum absolute atomic E-state index is 0.273. The zero-order chi connectivity index (χ0) is 17.5. The quantitative estimate of drug-likeness (QED) is 0.573. The fourth-order valence-corrected chi connectivity index (χ4v) is 3.50. The SMILES string of the molecule is COc1ccc(-n2nnnc2SC[C@H](O)COCc2cccs2)cc1. The van der Waals surface area contributed by atoms with Crippen LogP contribution in [-0.2, 0) is 11.3 Å². The lowest BCUT2D eigenvalue weighted by atomic mass is 10.3. The van der Waals surface area contributed by atoms with E-state index < -0.39 is 6.10 Å². The monoisotopic (exact) mass is 378 g/mol. The number of hydrogen-bond acceptors (Lipinski definition) is 8. The number of aromatic nitrogens is 4. The Hall–Kier alpha value is -1.94. The molecule has 0 fully saturated rings. The smallest absolute Gasteiger partial charge is 0.214 e. The highest BCUT2D eigenvalue weighted by atomic mass is 32.2. The number of methoxy groups -OCH3 is 1. The molecule has 2 heterocycles. The topological polar surface area (TPSA) is 82.3 Å². The van der Waals surface area contributed by atoms with E-state index in [1.54, 1.807) is 23.1 Å². The van der Waals surface area contributed by atoms with Gasteiger partial charge in [-0.05, 0) is 46.1 Å². The lowest BCUT2D eigenvalue weighted by Crippen LogP contribution is -2.18. The Labute approximate surface area is 153 Å². The molecule has 132 valence electrons. The molecule has 3 rings (SSSR count). The van der Waals surface area contributed by atoms with E-state index in [9.17, 15) is 5.11 Å². The first-order valence-corrected chi connectivity index (χ1v) is 9.46. The molecule has 25 heavy (non-hydrogen) atoms. The van der Waals surface area contributed by atoms with Crippen LogP contribution >= 0.6 is 23.1 Å². The molecule has 0 amide bonds. The summed E-state index contributed by atoms with van der Waals surface area (Å²) in [6, 6.07) is 11.4. The maximum Gasteiger partial charge on any atom is 0.214 e. The highest BCUT2D eigenvalue weighted by Crippen LogP contribution is 2.21. The Bertz CT molecular complexity index is 762. The number of hydrogen-bond donors (Lipinski definition) is 1. The van der Waals surface area contributed by atoms with Crippen molar-refractivity contribution >= 4 is 23.1 Å². The second-order valence-electron chi connectivity index (χ2n) is 5.13. The van der Waals surface area contributed by atoms with Crippen LogP contribution in [0, 0.1) is 0 Å². The average molecular weight is 378 g/mol. The molecule has 0 bridgehead atoms. The van der Waals surface area contributed by atoms with Crippen molar-refractivity contribution in [1.29, 1.82) is 0 Å². The molecule has 0 aliphatic rings. The van der Waals surface area contributed by atoms with Gasteiger partial charge >= 0.3 is 0 Å². The molecule has 1 aromatic carbocycles. The van der Waals surface area contributed by atoms with E-state index >= 15 is 0 Å². The Kier molecular flexibility index (Phi) is 6.40. The number of thioether (sulfide) groups is 1. The third-order valence-corrected chi connectivity index (χ3v) is 5.21. The second-order valence-corrected chi connectivity index (χ2v) is 7.15.